The number of hydrogen-bond donors (Lipinski definition) is 2. The highest BCUT2D eigenvalue weighted by Crippen LogP contribution is 2.39. The van der Waals surface area contributed by atoms with Crippen LogP contribution in [0.5, 0.6) is 5.75 Å². The number of nitrogens with one attached hydrogen (secondary N) is 1. The van der Waals surface area contributed by atoms with Gasteiger partial charge in [-0.05, 0) is 67.8 Å². The molecule has 0 bridgehead atoms. The van der Waals surface area contributed by atoms with Crippen molar-refractivity contribution < 1.29 is 23.1 Å². The second kappa shape index (κ2) is 5.93. The summed E-state index contributed by atoms with van der Waals surface area (Å²) in [6.45, 7) is 0. The molecule has 2 aromatic carbocycles. The molecule has 1 amide bonds. The number of phenolic OH excluding ortho intramolecular Hbond substituents is 1. The normalized spacial score (nSPS) is 15.5. The molecule has 0 fully saturated rings. The van der Waals surface area contributed by atoms with Crippen LogP contribution in [0.4, 0.5) is 18.9 Å². The zero-order valence-electron chi connectivity index (χ0n) is 11.7. The van der Waals surface area contributed by atoms with E-state index in [1.165, 1.54) is 6.07 Å². The van der Waals surface area contributed by atoms with E-state index >= 15 is 0 Å². The first-order chi connectivity index (χ1) is 11.2. The van der Waals surface area contributed by atoms with Crippen LogP contribution in [0.25, 0.3) is 11.6 Å². The Hall–Kier alpha value is -1.80. The van der Waals surface area contributed by atoms with Crippen LogP contribution in [0.15, 0.2) is 39.3 Å². The second-order valence-corrected chi connectivity index (χ2v) is 6.81. The van der Waals surface area contributed by atoms with Crippen molar-refractivity contribution in [2.24, 2.45) is 0 Å². The van der Waals surface area contributed by atoms with Crippen LogP contribution >= 0.6 is 31.9 Å². The number of anilines is 1. The summed E-state index contributed by atoms with van der Waals surface area (Å²) in [5.41, 5.74) is 0.553. The molecule has 0 saturated carbocycles. The molecule has 2 aromatic rings. The fraction of sp³-hybridized carbons (Fsp3) is 0.0625. The number of aromatic hydroxyl groups is 1. The van der Waals surface area contributed by atoms with E-state index in [0.29, 0.717) is 20.1 Å². The molecule has 2 N–H and O–H groups in total. The summed E-state index contributed by atoms with van der Waals surface area (Å²) in [6, 6.07) is 6.32. The van der Waals surface area contributed by atoms with Crippen molar-refractivity contribution >= 4 is 55.1 Å². The lowest BCUT2D eigenvalue weighted by atomic mass is 10.0. The number of carbonyl (C=O) groups is 1. The number of rotatable bonds is 1. The molecule has 1 aliphatic heterocycles. The summed E-state index contributed by atoms with van der Waals surface area (Å²) in [4.78, 5) is 12.1. The largest absolute Gasteiger partial charge is 0.506 e. The summed E-state index contributed by atoms with van der Waals surface area (Å²) in [6.07, 6.45) is -2.93. The summed E-state index contributed by atoms with van der Waals surface area (Å²) in [5, 5.41) is 12.1. The van der Waals surface area contributed by atoms with Gasteiger partial charge in [0.25, 0.3) is 5.91 Å². The predicted molar refractivity (Wildman–Crippen MR) is 91.5 cm³/mol. The van der Waals surface area contributed by atoms with E-state index in [0.717, 1.165) is 12.1 Å². The van der Waals surface area contributed by atoms with Gasteiger partial charge >= 0.3 is 6.18 Å². The molecular weight excluding hydrogens is 455 g/mol. The standard InChI is InChI=1S/C16H8Br2F3NO2/c17-11-4-7(5-12(18)14(11)23)3-10-9-2-1-8(16(19,20)21)6-13(9)22-15(10)24/h1-6,23H,(H,22,24)/b10-3-. The third-order valence-corrected chi connectivity index (χ3v) is 4.69. The molecule has 24 heavy (non-hydrogen) atoms. The molecule has 8 heteroatoms. The maximum atomic E-state index is 12.8. The lowest BCUT2D eigenvalue weighted by molar-refractivity contribution is -0.137. The van der Waals surface area contributed by atoms with E-state index in [9.17, 15) is 23.1 Å². The van der Waals surface area contributed by atoms with Crippen LogP contribution in [0.1, 0.15) is 16.7 Å². The zero-order chi connectivity index (χ0) is 17.6. The molecule has 0 radical (unpaired) electrons. The Morgan fingerprint density at radius 3 is 2.29 bits per heavy atom. The average Bonchev–Trinajstić information content (AvgIpc) is 2.79. The average molecular weight is 463 g/mol. The Morgan fingerprint density at radius 2 is 1.71 bits per heavy atom. The Labute approximate surface area is 151 Å². The molecule has 0 aliphatic carbocycles. The Morgan fingerprint density at radius 1 is 1.08 bits per heavy atom. The van der Waals surface area contributed by atoms with Gasteiger partial charge in [-0.3, -0.25) is 4.79 Å². The minimum absolute atomic E-state index is 0.0169. The SMILES string of the molecule is O=C1Nc2cc(C(F)(F)F)ccc2/C1=C/c1cc(Br)c(O)c(Br)c1. The number of hydrogen-bond acceptors (Lipinski definition) is 2. The molecule has 1 aliphatic rings. The molecule has 0 saturated heterocycles. The molecule has 0 aromatic heterocycles. The van der Waals surface area contributed by atoms with Crippen LogP contribution < -0.4 is 5.32 Å². The first-order valence-corrected chi connectivity index (χ1v) is 8.18. The maximum Gasteiger partial charge on any atom is 0.416 e. The number of amides is 1. The molecule has 124 valence electrons. The Bertz CT molecular complexity index is 868. The molecule has 0 spiro atoms. The molecule has 1 heterocycles. The lowest BCUT2D eigenvalue weighted by Gasteiger charge is -2.08. The Balaban J connectivity index is 2.07. The van der Waals surface area contributed by atoms with Crippen molar-refractivity contribution in [1.82, 2.24) is 0 Å². The number of phenols is 1. The van der Waals surface area contributed by atoms with Crippen molar-refractivity contribution in [3.8, 4) is 5.75 Å². The van der Waals surface area contributed by atoms with Gasteiger partial charge in [0.05, 0.1) is 14.5 Å². The van der Waals surface area contributed by atoms with Crippen LogP contribution in [-0.2, 0) is 11.0 Å². The summed E-state index contributed by atoms with van der Waals surface area (Å²) >= 11 is 6.38. The van der Waals surface area contributed by atoms with Gasteiger partial charge in [-0.1, -0.05) is 6.07 Å². The van der Waals surface area contributed by atoms with Crippen molar-refractivity contribution in [3.05, 3.63) is 56.0 Å². The van der Waals surface area contributed by atoms with Crippen molar-refractivity contribution in [3.63, 3.8) is 0 Å². The van der Waals surface area contributed by atoms with Gasteiger partial charge in [0.15, 0.2) is 0 Å². The van der Waals surface area contributed by atoms with Gasteiger partial charge in [0, 0.05) is 16.8 Å². The predicted octanol–water partition coefficient (Wildman–Crippen LogP) is 5.43. The van der Waals surface area contributed by atoms with Crippen molar-refractivity contribution in [2.45, 2.75) is 6.18 Å². The topological polar surface area (TPSA) is 49.3 Å². The minimum Gasteiger partial charge on any atom is -0.506 e. The molecule has 0 unspecified atom stereocenters. The number of fused-ring (bicyclic) bond motifs is 1. The van der Waals surface area contributed by atoms with Gasteiger partial charge in [0.1, 0.15) is 5.75 Å². The fourth-order valence-electron chi connectivity index (χ4n) is 2.35. The number of carbonyl (C=O) groups excluding carboxylic acids is 1. The van der Waals surface area contributed by atoms with E-state index in [1.54, 1.807) is 18.2 Å². The highest BCUT2D eigenvalue weighted by atomic mass is 79.9. The summed E-state index contributed by atoms with van der Waals surface area (Å²) < 4.78 is 39.1. The highest BCUT2D eigenvalue weighted by molar-refractivity contribution is 9.11. The molecule has 0 atom stereocenters. The zero-order valence-corrected chi connectivity index (χ0v) is 14.9. The monoisotopic (exact) mass is 461 g/mol. The number of benzene rings is 2. The minimum atomic E-state index is -4.47. The van der Waals surface area contributed by atoms with Crippen molar-refractivity contribution in [1.29, 1.82) is 0 Å². The fourth-order valence-corrected chi connectivity index (χ4v) is 3.57. The van der Waals surface area contributed by atoms with Gasteiger partial charge in [0.2, 0.25) is 0 Å². The molecular formula is C16H8Br2F3NO2. The van der Waals surface area contributed by atoms with E-state index < -0.39 is 17.6 Å². The van der Waals surface area contributed by atoms with Gasteiger partial charge in [-0.2, -0.15) is 13.2 Å². The van der Waals surface area contributed by atoms with Gasteiger partial charge in [-0.25, -0.2) is 0 Å². The third-order valence-electron chi connectivity index (χ3n) is 3.48. The van der Waals surface area contributed by atoms with Crippen LogP contribution in [0.2, 0.25) is 0 Å². The quantitative estimate of drug-likeness (QED) is 0.555. The van der Waals surface area contributed by atoms with E-state index in [4.69, 9.17) is 0 Å². The first-order valence-electron chi connectivity index (χ1n) is 6.59. The summed E-state index contributed by atoms with van der Waals surface area (Å²) in [5.74, 6) is -0.465. The number of halogens is 5. The van der Waals surface area contributed by atoms with Gasteiger partial charge < -0.3 is 10.4 Å². The van der Waals surface area contributed by atoms with Gasteiger partial charge in [-0.15, -0.1) is 0 Å². The van der Waals surface area contributed by atoms with E-state index in [1.807, 2.05) is 0 Å². The van der Waals surface area contributed by atoms with Crippen molar-refractivity contribution in [2.75, 3.05) is 5.32 Å². The smallest absolute Gasteiger partial charge is 0.416 e. The van der Waals surface area contributed by atoms with Crippen LogP contribution in [0.3, 0.4) is 0 Å². The first kappa shape index (κ1) is 17.0. The van der Waals surface area contributed by atoms with Crippen LogP contribution in [-0.4, -0.2) is 11.0 Å². The maximum absolute atomic E-state index is 12.8. The second-order valence-electron chi connectivity index (χ2n) is 5.10. The lowest BCUT2D eigenvalue weighted by Crippen LogP contribution is -2.06. The highest BCUT2D eigenvalue weighted by Gasteiger charge is 2.33. The Kier molecular flexibility index (Phi) is 4.21. The van der Waals surface area contributed by atoms with E-state index in [-0.39, 0.29) is 17.0 Å². The third kappa shape index (κ3) is 3.08. The molecule has 3 nitrogen and oxygen atoms in total. The van der Waals surface area contributed by atoms with Crippen LogP contribution in [0, 0.1) is 0 Å². The molecule has 3 rings (SSSR count). The summed E-state index contributed by atoms with van der Waals surface area (Å²) in [7, 11) is 0. The van der Waals surface area contributed by atoms with E-state index in [2.05, 4.69) is 37.2 Å². The number of alkyl halides is 3.